The molecule has 2 aliphatic rings. The Morgan fingerprint density at radius 2 is 2.15 bits per heavy atom. The molecule has 20 heavy (non-hydrogen) atoms. The maximum absolute atomic E-state index is 11.1. The van der Waals surface area contributed by atoms with E-state index in [4.69, 9.17) is 10.8 Å². The highest BCUT2D eigenvalue weighted by atomic mass is 16.4. The Balaban J connectivity index is 1.77. The number of anilines is 2. The number of nitrogens with zero attached hydrogens (tertiary/aromatic N) is 1. The van der Waals surface area contributed by atoms with Gasteiger partial charge in [-0.3, -0.25) is 4.90 Å². The van der Waals surface area contributed by atoms with Crippen molar-refractivity contribution in [3.63, 3.8) is 0 Å². The second-order valence-electron chi connectivity index (χ2n) is 5.75. The average molecular weight is 275 g/mol. The van der Waals surface area contributed by atoms with Gasteiger partial charge in [0.1, 0.15) is 0 Å². The Kier molecular flexibility index (Phi) is 3.53. The van der Waals surface area contributed by atoms with Crippen LogP contribution in [0.4, 0.5) is 11.4 Å². The number of nitrogens with one attached hydrogen (secondary N) is 1. The third kappa shape index (κ3) is 2.45. The second kappa shape index (κ2) is 5.32. The Labute approximate surface area is 118 Å². The minimum Gasteiger partial charge on any atom is -0.478 e. The molecule has 0 amide bonds. The third-order valence-corrected chi connectivity index (χ3v) is 4.50. The molecule has 1 aromatic carbocycles. The number of carboxylic acids is 1. The van der Waals surface area contributed by atoms with E-state index in [-0.39, 0.29) is 5.56 Å². The van der Waals surface area contributed by atoms with E-state index in [1.165, 1.54) is 25.8 Å². The summed E-state index contributed by atoms with van der Waals surface area (Å²) in [7, 11) is 0. The summed E-state index contributed by atoms with van der Waals surface area (Å²) in [5.74, 6) is -0.918. The van der Waals surface area contributed by atoms with E-state index in [0.29, 0.717) is 17.8 Å². The highest BCUT2D eigenvalue weighted by Gasteiger charge is 2.35. The molecule has 0 radical (unpaired) electrons. The molecule has 5 nitrogen and oxygen atoms in total. The highest BCUT2D eigenvalue weighted by Crippen LogP contribution is 2.31. The molecule has 2 heterocycles. The summed E-state index contributed by atoms with van der Waals surface area (Å²) in [6.45, 7) is 2.31. The minimum absolute atomic E-state index is 0.278. The quantitative estimate of drug-likeness (QED) is 0.735. The van der Waals surface area contributed by atoms with Crippen LogP contribution in [0.15, 0.2) is 18.2 Å². The fourth-order valence-electron chi connectivity index (χ4n) is 3.43. The predicted molar refractivity (Wildman–Crippen MR) is 79.1 cm³/mol. The number of piperidine rings is 1. The first-order valence-corrected chi connectivity index (χ1v) is 7.28. The van der Waals surface area contributed by atoms with Crippen LogP contribution in [-0.2, 0) is 0 Å². The zero-order valence-electron chi connectivity index (χ0n) is 11.5. The van der Waals surface area contributed by atoms with Crippen molar-refractivity contribution < 1.29 is 9.90 Å². The van der Waals surface area contributed by atoms with Gasteiger partial charge in [0.05, 0.1) is 16.9 Å². The van der Waals surface area contributed by atoms with Crippen molar-refractivity contribution in [1.29, 1.82) is 0 Å². The molecule has 2 fully saturated rings. The van der Waals surface area contributed by atoms with E-state index < -0.39 is 5.97 Å². The van der Waals surface area contributed by atoms with Crippen LogP contribution in [0.1, 0.15) is 36.0 Å². The Morgan fingerprint density at radius 3 is 2.95 bits per heavy atom. The fraction of sp³-hybridized carbons (Fsp3) is 0.533. The van der Waals surface area contributed by atoms with Crippen molar-refractivity contribution in [2.45, 2.75) is 37.8 Å². The van der Waals surface area contributed by atoms with E-state index in [9.17, 15) is 4.79 Å². The summed E-state index contributed by atoms with van der Waals surface area (Å²) in [4.78, 5) is 13.6. The maximum atomic E-state index is 11.1. The molecule has 0 saturated carbocycles. The number of hydrogen-bond donors (Lipinski definition) is 3. The van der Waals surface area contributed by atoms with Crippen LogP contribution >= 0.6 is 0 Å². The molecular weight excluding hydrogens is 254 g/mol. The molecule has 1 aromatic rings. The molecule has 5 heteroatoms. The number of nitrogen functional groups attached to an aromatic ring is 1. The van der Waals surface area contributed by atoms with Gasteiger partial charge in [-0.2, -0.15) is 0 Å². The van der Waals surface area contributed by atoms with Crippen LogP contribution in [0.3, 0.4) is 0 Å². The Hall–Kier alpha value is -1.75. The lowest BCUT2D eigenvalue weighted by Crippen LogP contribution is -2.41. The monoisotopic (exact) mass is 275 g/mol. The average Bonchev–Trinajstić information content (AvgIpc) is 2.84. The fourth-order valence-corrected chi connectivity index (χ4v) is 3.43. The molecule has 0 spiro atoms. The normalized spacial score (nSPS) is 26.2. The Bertz CT molecular complexity index is 518. The molecule has 108 valence electrons. The number of carboxylic acid groups (broad SMARTS) is 1. The first kappa shape index (κ1) is 13.2. The smallest absolute Gasteiger partial charge is 0.335 e. The molecule has 0 bridgehead atoms. The van der Waals surface area contributed by atoms with Crippen LogP contribution in [-0.4, -0.2) is 41.1 Å². The van der Waals surface area contributed by atoms with Crippen LogP contribution in [0.25, 0.3) is 0 Å². The molecule has 2 aliphatic heterocycles. The summed E-state index contributed by atoms with van der Waals surface area (Å²) in [5, 5.41) is 12.5. The van der Waals surface area contributed by atoms with Crippen LogP contribution in [0.2, 0.25) is 0 Å². The van der Waals surface area contributed by atoms with Crippen molar-refractivity contribution in [1.82, 2.24) is 4.90 Å². The maximum Gasteiger partial charge on any atom is 0.335 e. The number of fused-ring (bicyclic) bond motifs is 1. The number of benzene rings is 1. The summed E-state index contributed by atoms with van der Waals surface area (Å²) in [6.07, 6.45) is 4.89. The topological polar surface area (TPSA) is 78.6 Å². The lowest BCUT2D eigenvalue weighted by atomic mass is 9.98. The molecule has 4 N–H and O–H groups in total. The van der Waals surface area contributed by atoms with Crippen LogP contribution < -0.4 is 11.1 Å². The largest absolute Gasteiger partial charge is 0.478 e. The number of hydrogen-bond acceptors (Lipinski definition) is 4. The molecule has 2 unspecified atom stereocenters. The molecule has 0 aromatic heterocycles. The summed E-state index contributed by atoms with van der Waals surface area (Å²) in [6, 6.07) is 5.80. The van der Waals surface area contributed by atoms with Gasteiger partial charge in [-0.25, -0.2) is 4.79 Å². The second-order valence-corrected chi connectivity index (χ2v) is 5.75. The van der Waals surface area contributed by atoms with Crippen molar-refractivity contribution in [2.24, 2.45) is 0 Å². The molecule has 3 rings (SSSR count). The van der Waals surface area contributed by atoms with Crippen molar-refractivity contribution in [3.8, 4) is 0 Å². The van der Waals surface area contributed by atoms with Gasteiger partial charge in [-0.15, -0.1) is 0 Å². The molecular formula is C15H21N3O2. The van der Waals surface area contributed by atoms with Gasteiger partial charge >= 0.3 is 5.97 Å². The van der Waals surface area contributed by atoms with Crippen LogP contribution in [0, 0.1) is 0 Å². The zero-order chi connectivity index (χ0) is 14.1. The van der Waals surface area contributed by atoms with E-state index >= 15 is 0 Å². The lowest BCUT2D eigenvalue weighted by Gasteiger charge is -2.33. The van der Waals surface area contributed by atoms with Crippen molar-refractivity contribution in [2.75, 3.05) is 24.1 Å². The van der Waals surface area contributed by atoms with Gasteiger partial charge in [-0.1, -0.05) is 6.42 Å². The van der Waals surface area contributed by atoms with Gasteiger partial charge in [-0.05, 0) is 44.0 Å². The van der Waals surface area contributed by atoms with Crippen LogP contribution in [0.5, 0.6) is 0 Å². The minimum atomic E-state index is -0.918. The molecule has 2 saturated heterocycles. The van der Waals surface area contributed by atoms with E-state index in [1.807, 2.05) is 0 Å². The zero-order valence-corrected chi connectivity index (χ0v) is 11.5. The number of carbonyl (C=O) groups is 1. The predicted octanol–water partition coefficient (Wildman–Crippen LogP) is 2.01. The van der Waals surface area contributed by atoms with Gasteiger partial charge in [0.25, 0.3) is 0 Å². The molecule has 0 aliphatic carbocycles. The van der Waals surface area contributed by atoms with Gasteiger partial charge in [0, 0.05) is 18.6 Å². The number of rotatable bonds is 3. The summed E-state index contributed by atoms with van der Waals surface area (Å²) in [5.41, 5.74) is 7.61. The van der Waals surface area contributed by atoms with E-state index in [2.05, 4.69) is 10.2 Å². The number of nitrogens with two attached hydrogens (primary N) is 1. The highest BCUT2D eigenvalue weighted by molar-refractivity contribution is 5.90. The lowest BCUT2D eigenvalue weighted by molar-refractivity contribution is 0.0697. The first-order chi connectivity index (χ1) is 9.65. The SMILES string of the molecule is Nc1ccc(C(=O)O)cc1NC1CCN2CCCCC12. The van der Waals surface area contributed by atoms with Gasteiger partial charge < -0.3 is 16.2 Å². The Morgan fingerprint density at radius 1 is 1.30 bits per heavy atom. The third-order valence-electron chi connectivity index (χ3n) is 4.50. The molecule has 2 atom stereocenters. The van der Waals surface area contributed by atoms with Gasteiger partial charge in [0.2, 0.25) is 0 Å². The van der Waals surface area contributed by atoms with Gasteiger partial charge in [0.15, 0.2) is 0 Å². The number of aromatic carboxylic acids is 1. The first-order valence-electron chi connectivity index (χ1n) is 7.28. The van der Waals surface area contributed by atoms with E-state index in [0.717, 1.165) is 18.7 Å². The van der Waals surface area contributed by atoms with Crippen molar-refractivity contribution >= 4 is 17.3 Å². The standard InChI is InChI=1S/C15H21N3O2/c16-11-5-4-10(15(19)20)9-13(11)17-12-6-8-18-7-2-1-3-14(12)18/h4-5,9,12,14,17H,1-3,6-8,16H2,(H,19,20). The van der Waals surface area contributed by atoms with Crippen molar-refractivity contribution in [3.05, 3.63) is 23.8 Å². The summed E-state index contributed by atoms with van der Waals surface area (Å²) < 4.78 is 0. The van der Waals surface area contributed by atoms with E-state index in [1.54, 1.807) is 18.2 Å². The summed E-state index contributed by atoms with van der Waals surface area (Å²) >= 11 is 0.